The highest BCUT2D eigenvalue weighted by molar-refractivity contribution is 6.39. The molecule has 31 heavy (non-hydrogen) atoms. The molecule has 0 radical (unpaired) electrons. The first kappa shape index (κ1) is 21.2. The van der Waals surface area contributed by atoms with Gasteiger partial charge in [-0.3, -0.25) is 14.4 Å². The lowest BCUT2D eigenvalue weighted by atomic mass is 9.83. The highest BCUT2D eigenvalue weighted by Gasteiger charge is 2.33. The minimum absolute atomic E-state index is 0.248. The highest BCUT2D eigenvalue weighted by Crippen LogP contribution is 2.30. The molecule has 8 heteroatoms. The number of piperidine rings is 2. The van der Waals surface area contributed by atoms with Gasteiger partial charge in [0.25, 0.3) is 0 Å². The molecule has 8 nitrogen and oxygen atoms in total. The van der Waals surface area contributed by atoms with Crippen LogP contribution in [0.4, 0.5) is 5.69 Å². The normalized spacial score (nSPS) is 21.2. The molecular weight excluding hydrogens is 394 g/mol. The summed E-state index contributed by atoms with van der Waals surface area (Å²) >= 11 is 0. The summed E-state index contributed by atoms with van der Waals surface area (Å²) in [4.78, 5) is 44.0. The van der Waals surface area contributed by atoms with Crippen LogP contribution in [0.1, 0.15) is 48.3 Å². The monoisotopic (exact) mass is 423 g/mol. The summed E-state index contributed by atoms with van der Waals surface area (Å²) in [5.41, 5.74) is 0.795. The fraction of sp³-hybridized carbons (Fsp3) is 0.478. The molecule has 2 aliphatic rings. The van der Waals surface area contributed by atoms with E-state index < -0.39 is 11.8 Å². The van der Waals surface area contributed by atoms with Gasteiger partial charge in [0.05, 0.1) is 0 Å². The van der Waals surface area contributed by atoms with Gasteiger partial charge in [0, 0.05) is 43.3 Å². The van der Waals surface area contributed by atoms with Crippen LogP contribution in [-0.2, 0) is 16.6 Å². The van der Waals surface area contributed by atoms with Crippen molar-refractivity contribution < 1.29 is 14.4 Å². The summed E-state index contributed by atoms with van der Waals surface area (Å²) in [6, 6.07) is 7.06. The average molecular weight is 424 g/mol. The fourth-order valence-electron chi connectivity index (χ4n) is 4.76. The lowest BCUT2D eigenvalue weighted by Crippen LogP contribution is -2.51. The first-order chi connectivity index (χ1) is 15.0. The Morgan fingerprint density at radius 2 is 1.94 bits per heavy atom. The molecule has 0 saturated carbocycles. The van der Waals surface area contributed by atoms with Crippen molar-refractivity contribution >= 4 is 23.3 Å². The second-order valence-corrected chi connectivity index (χ2v) is 8.44. The van der Waals surface area contributed by atoms with E-state index in [1.54, 1.807) is 48.3 Å². The van der Waals surface area contributed by atoms with Gasteiger partial charge in [0.2, 0.25) is 5.78 Å². The second-order valence-electron chi connectivity index (χ2n) is 8.44. The van der Waals surface area contributed by atoms with Crippen LogP contribution >= 0.6 is 0 Å². The number of ketones is 1. The number of hydrogen-bond acceptors (Lipinski definition) is 5. The molecule has 2 saturated heterocycles. The van der Waals surface area contributed by atoms with E-state index in [1.165, 1.54) is 19.3 Å². The summed E-state index contributed by atoms with van der Waals surface area (Å²) in [5.74, 6) is -0.913. The molecular formula is C23H29N5O3. The molecule has 2 amide bonds. The van der Waals surface area contributed by atoms with Gasteiger partial charge in [-0.05, 0) is 56.8 Å². The number of benzene rings is 1. The fourth-order valence-corrected chi connectivity index (χ4v) is 4.76. The van der Waals surface area contributed by atoms with Crippen molar-refractivity contribution in [1.29, 1.82) is 0 Å². The second kappa shape index (κ2) is 9.43. The quantitative estimate of drug-likeness (QED) is 0.566. The number of amides is 2. The van der Waals surface area contributed by atoms with Gasteiger partial charge in [-0.15, -0.1) is 0 Å². The van der Waals surface area contributed by atoms with Gasteiger partial charge in [-0.25, -0.2) is 4.98 Å². The number of aryl methyl sites for hydroxylation is 1. The van der Waals surface area contributed by atoms with Crippen LogP contribution in [0.5, 0.6) is 0 Å². The Morgan fingerprint density at radius 1 is 1.10 bits per heavy atom. The van der Waals surface area contributed by atoms with E-state index in [2.05, 4.69) is 20.5 Å². The molecule has 1 aromatic heterocycles. The van der Waals surface area contributed by atoms with Crippen LogP contribution in [0, 0.1) is 5.92 Å². The van der Waals surface area contributed by atoms with Crippen LogP contribution in [-0.4, -0.2) is 57.7 Å². The zero-order valence-corrected chi connectivity index (χ0v) is 17.8. The summed E-state index contributed by atoms with van der Waals surface area (Å²) < 4.78 is 1.64. The van der Waals surface area contributed by atoms with E-state index >= 15 is 0 Å². The van der Waals surface area contributed by atoms with E-state index in [0.717, 1.165) is 25.9 Å². The maximum atomic E-state index is 12.6. The van der Waals surface area contributed by atoms with E-state index in [-0.39, 0.29) is 5.78 Å². The van der Waals surface area contributed by atoms with E-state index in [9.17, 15) is 14.4 Å². The largest absolute Gasteiger partial charge is 0.347 e. The van der Waals surface area contributed by atoms with Crippen molar-refractivity contribution in [3.8, 4) is 0 Å². The van der Waals surface area contributed by atoms with Gasteiger partial charge in [0.1, 0.15) is 0 Å². The van der Waals surface area contributed by atoms with Crippen LogP contribution < -0.4 is 10.6 Å². The Labute approximate surface area is 182 Å². The summed E-state index contributed by atoms with van der Waals surface area (Å²) in [7, 11) is 1.75. The maximum absolute atomic E-state index is 12.6. The molecule has 2 aromatic rings. The van der Waals surface area contributed by atoms with Crippen molar-refractivity contribution in [2.75, 3.05) is 25.0 Å². The van der Waals surface area contributed by atoms with E-state index in [1.807, 2.05) is 0 Å². The number of aromatic nitrogens is 2. The number of carbonyl (C=O) groups is 3. The lowest BCUT2D eigenvalue weighted by Gasteiger charge is -2.44. The number of hydrogen-bond donors (Lipinski definition) is 2. The van der Waals surface area contributed by atoms with Crippen LogP contribution in [0.3, 0.4) is 0 Å². The van der Waals surface area contributed by atoms with Gasteiger partial charge in [-0.2, -0.15) is 0 Å². The third-order valence-electron chi connectivity index (χ3n) is 6.37. The predicted molar refractivity (Wildman–Crippen MR) is 117 cm³/mol. The van der Waals surface area contributed by atoms with Crippen LogP contribution in [0.15, 0.2) is 36.7 Å². The first-order valence-corrected chi connectivity index (χ1v) is 11.0. The number of nitrogens with zero attached hydrogens (tertiary/aromatic N) is 3. The maximum Gasteiger partial charge on any atom is 0.313 e. The standard InChI is InChI=1S/C23H29N5O3/c1-27-13-10-24-21(27)20(29)16-6-4-8-18(14-16)26-23(31)22(30)25-15-17-7-5-12-28-11-3-2-9-19(17)28/h4,6,8,10,13-14,17,19H,2-3,5,7,9,11-12,15H2,1H3,(H,25,30)(H,26,31)/t17-,19+/m0/s1. The van der Waals surface area contributed by atoms with Crippen molar-refractivity contribution in [2.24, 2.45) is 13.0 Å². The zero-order valence-electron chi connectivity index (χ0n) is 17.8. The van der Waals surface area contributed by atoms with E-state index in [4.69, 9.17) is 0 Å². The van der Waals surface area contributed by atoms with Gasteiger partial charge in [-0.1, -0.05) is 18.6 Å². The Morgan fingerprint density at radius 3 is 2.74 bits per heavy atom. The lowest BCUT2D eigenvalue weighted by molar-refractivity contribution is -0.136. The van der Waals surface area contributed by atoms with E-state index in [0.29, 0.717) is 35.6 Å². The smallest absolute Gasteiger partial charge is 0.313 e. The predicted octanol–water partition coefficient (Wildman–Crippen LogP) is 1.97. The topological polar surface area (TPSA) is 96.3 Å². The molecule has 0 aliphatic carbocycles. The molecule has 0 bridgehead atoms. The molecule has 3 heterocycles. The number of fused-ring (bicyclic) bond motifs is 1. The number of nitrogens with one attached hydrogen (secondary N) is 2. The number of anilines is 1. The zero-order chi connectivity index (χ0) is 21.8. The Kier molecular flexibility index (Phi) is 6.46. The molecule has 2 N–H and O–H groups in total. The molecule has 4 rings (SSSR count). The van der Waals surface area contributed by atoms with Crippen LogP contribution in [0.2, 0.25) is 0 Å². The van der Waals surface area contributed by atoms with Crippen molar-refractivity contribution in [2.45, 2.75) is 38.1 Å². The summed E-state index contributed by atoms with van der Waals surface area (Å²) in [5, 5.41) is 5.41. The summed E-state index contributed by atoms with van der Waals surface area (Å²) in [6.45, 7) is 2.80. The summed E-state index contributed by atoms with van der Waals surface area (Å²) in [6.07, 6.45) is 9.13. The molecule has 1 aromatic carbocycles. The molecule has 2 fully saturated rings. The Bertz CT molecular complexity index is 968. The molecule has 164 valence electrons. The number of imidazole rings is 1. The van der Waals surface area contributed by atoms with Crippen LogP contribution in [0.25, 0.3) is 0 Å². The van der Waals surface area contributed by atoms with Gasteiger partial charge < -0.3 is 20.1 Å². The van der Waals surface area contributed by atoms with Gasteiger partial charge >= 0.3 is 11.8 Å². The number of rotatable bonds is 5. The number of carbonyl (C=O) groups excluding carboxylic acids is 3. The van der Waals surface area contributed by atoms with Crippen molar-refractivity contribution in [1.82, 2.24) is 19.8 Å². The Balaban J connectivity index is 1.33. The highest BCUT2D eigenvalue weighted by atomic mass is 16.2. The third kappa shape index (κ3) is 4.85. The van der Waals surface area contributed by atoms with Crippen molar-refractivity contribution in [3.63, 3.8) is 0 Å². The minimum Gasteiger partial charge on any atom is -0.347 e. The molecule has 0 spiro atoms. The first-order valence-electron chi connectivity index (χ1n) is 11.0. The minimum atomic E-state index is -0.724. The SMILES string of the molecule is Cn1ccnc1C(=O)c1cccc(NC(=O)C(=O)NC[C@@H]2CCCN3CCCC[C@H]23)c1. The average Bonchev–Trinajstić information content (AvgIpc) is 3.22. The molecule has 2 atom stereocenters. The third-order valence-corrected chi connectivity index (χ3v) is 6.37. The van der Waals surface area contributed by atoms with Crippen molar-refractivity contribution in [3.05, 3.63) is 48.0 Å². The Hall–Kier alpha value is -3.00. The van der Waals surface area contributed by atoms with Gasteiger partial charge in [0.15, 0.2) is 5.82 Å². The molecule has 0 unspecified atom stereocenters. The molecule has 2 aliphatic heterocycles.